The molecule has 0 aliphatic carbocycles. The Bertz CT molecular complexity index is 1260. The van der Waals surface area contributed by atoms with E-state index in [1.807, 2.05) is 45.0 Å². The number of nitrogens with one attached hydrogen (secondary N) is 1. The first-order chi connectivity index (χ1) is 12.9. The first kappa shape index (κ1) is 17.1. The number of nitrogens with zero attached hydrogens (tertiary/aromatic N) is 5. The second-order valence-electron chi connectivity index (χ2n) is 6.57. The number of benzene rings is 1. The maximum absolute atomic E-state index is 12.5. The van der Waals surface area contributed by atoms with E-state index in [1.54, 1.807) is 16.0 Å². The maximum atomic E-state index is 12.5. The minimum Gasteiger partial charge on any atom is -0.494 e. The molecule has 9 heteroatoms. The lowest BCUT2D eigenvalue weighted by atomic mass is 10.2. The Morgan fingerprint density at radius 3 is 2.48 bits per heavy atom. The van der Waals surface area contributed by atoms with Gasteiger partial charge in [-0.1, -0.05) is 0 Å². The number of aromatic nitrogens is 6. The molecule has 1 aromatic carbocycles. The number of rotatable bonds is 4. The molecule has 4 aromatic rings. The lowest BCUT2D eigenvalue weighted by Gasteiger charge is -2.07. The summed E-state index contributed by atoms with van der Waals surface area (Å²) in [5, 5.41) is 8.62. The molecule has 3 aromatic heterocycles. The van der Waals surface area contributed by atoms with E-state index >= 15 is 0 Å². The summed E-state index contributed by atoms with van der Waals surface area (Å²) in [7, 11) is 1.62. The van der Waals surface area contributed by atoms with Crippen LogP contribution in [0.3, 0.4) is 0 Å². The molecule has 0 saturated carbocycles. The van der Waals surface area contributed by atoms with Gasteiger partial charge in [-0.05, 0) is 45.0 Å². The van der Waals surface area contributed by atoms with E-state index in [0.717, 1.165) is 11.3 Å². The molecule has 9 nitrogen and oxygen atoms in total. The number of aryl methyl sites for hydroxylation is 1. The van der Waals surface area contributed by atoms with Crippen LogP contribution in [0.5, 0.6) is 5.75 Å². The van der Waals surface area contributed by atoms with Gasteiger partial charge >= 0.3 is 5.69 Å². The Hall–Kier alpha value is -3.36. The normalized spacial score (nSPS) is 11.7. The van der Waals surface area contributed by atoms with E-state index in [1.165, 1.54) is 4.57 Å². The monoisotopic (exact) mass is 368 g/mol. The van der Waals surface area contributed by atoms with Gasteiger partial charge in [-0.2, -0.15) is 0 Å². The van der Waals surface area contributed by atoms with Crippen LogP contribution in [-0.2, 0) is 7.05 Å². The third kappa shape index (κ3) is 2.46. The molecule has 4 rings (SSSR count). The average Bonchev–Trinajstić information content (AvgIpc) is 3.19. The van der Waals surface area contributed by atoms with E-state index < -0.39 is 11.2 Å². The third-order valence-corrected chi connectivity index (χ3v) is 4.52. The summed E-state index contributed by atoms with van der Waals surface area (Å²) in [6.45, 7) is 6.42. The van der Waals surface area contributed by atoms with Gasteiger partial charge in [0.05, 0.1) is 6.61 Å². The Labute approximate surface area is 153 Å². The van der Waals surface area contributed by atoms with Gasteiger partial charge in [-0.25, -0.2) is 9.20 Å². The highest BCUT2D eigenvalue weighted by atomic mass is 16.5. The molecule has 3 heterocycles. The second-order valence-corrected chi connectivity index (χ2v) is 6.57. The summed E-state index contributed by atoms with van der Waals surface area (Å²) in [4.78, 5) is 27.1. The summed E-state index contributed by atoms with van der Waals surface area (Å²) in [6.07, 6.45) is 0. The molecule has 0 fully saturated rings. The fourth-order valence-electron chi connectivity index (χ4n) is 3.34. The SMILES string of the molecule is CCOc1ccc(-c2nnc3n(C(C)C)c4c(=O)[nH]c(=O)n(C)c4n23)cc1. The van der Waals surface area contributed by atoms with Crippen molar-refractivity contribution < 1.29 is 4.74 Å². The van der Waals surface area contributed by atoms with Gasteiger partial charge in [-0.3, -0.25) is 18.9 Å². The molecular weight excluding hydrogens is 348 g/mol. The van der Waals surface area contributed by atoms with Gasteiger partial charge < -0.3 is 4.74 Å². The van der Waals surface area contributed by atoms with Crippen molar-refractivity contribution in [2.75, 3.05) is 6.61 Å². The predicted octanol–water partition coefficient (Wildman–Crippen LogP) is 1.72. The second kappa shape index (κ2) is 6.11. The summed E-state index contributed by atoms with van der Waals surface area (Å²) >= 11 is 0. The van der Waals surface area contributed by atoms with Crippen LogP contribution in [0.1, 0.15) is 26.8 Å². The zero-order valence-electron chi connectivity index (χ0n) is 15.6. The lowest BCUT2D eigenvalue weighted by Crippen LogP contribution is -2.29. The molecule has 0 bridgehead atoms. The molecule has 1 N–H and O–H groups in total. The Morgan fingerprint density at radius 1 is 1.15 bits per heavy atom. The molecule has 0 unspecified atom stereocenters. The van der Waals surface area contributed by atoms with Gasteiger partial charge in [0, 0.05) is 18.7 Å². The zero-order valence-corrected chi connectivity index (χ0v) is 15.6. The van der Waals surface area contributed by atoms with Gasteiger partial charge in [0.25, 0.3) is 5.56 Å². The number of hydrogen-bond donors (Lipinski definition) is 1. The molecule has 0 aliphatic heterocycles. The van der Waals surface area contributed by atoms with Crippen LogP contribution in [0.25, 0.3) is 28.3 Å². The van der Waals surface area contributed by atoms with Gasteiger partial charge in [0.15, 0.2) is 17.0 Å². The number of hydrogen-bond acceptors (Lipinski definition) is 5. The van der Waals surface area contributed by atoms with Gasteiger partial charge in [0.1, 0.15) is 5.75 Å². The van der Waals surface area contributed by atoms with Crippen molar-refractivity contribution in [2.24, 2.45) is 7.05 Å². The quantitative estimate of drug-likeness (QED) is 0.591. The highest BCUT2D eigenvalue weighted by Crippen LogP contribution is 2.27. The number of aromatic amines is 1. The first-order valence-electron chi connectivity index (χ1n) is 8.75. The van der Waals surface area contributed by atoms with Crippen molar-refractivity contribution in [1.29, 1.82) is 0 Å². The number of ether oxygens (including phenoxy) is 1. The molecule has 0 atom stereocenters. The largest absolute Gasteiger partial charge is 0.494 e. The molecule has 0 saturated heterocycles. The molecule has 0 spiro atoms. The smallest absolute Gasteiger partial charge is 0.329 e. The number of fused-ring (bicyclic) bond motifs is 3. The summed E-state index contributed by atoms with van der Waals surface area (Å²) in [5.41, 5.74) is 0.735. The van der Waals surface area contributed by atoms with Crippen LogP contribution in [0, 0.1) is 0 Å². The van der Waals surface area contributed by atoms with Crippen LogP contribution >= 0.6 is 0 Å². The van der Waals surface area contributed by atoms with Crippen molar-refractivity contribution in [3.05, 3.63) is 45.1 Å². The van der Waals surface area contributed by atoms with Crippen molar-refractivity contribution in [3.8, 4) is 17.1 Å². The Kier molecular flexibility index (Phi) is 3.87. The third-order valence-electron chi connectivity index (χ3n) is 4.52. The standard InChI is InChI=1S/C18H20N6O3/c1-5-27-12-8-6-11(7-9-12)14-20-21-17-23(10(2)3)13-15(25)19-18(26)22(4)16(13)24(14)17/h6-10H,5H2,1-4H3,(H,19,25,26). The molecule has 0 amide bonds. The summed E-state index contributed by atoms with van der Waals surface area (Å²) < 4.78 is 10.4. The fraction of sp³-hybridized carbons (Fsp3) is 0.333. The fourth-order valence-corrected chi connectivity index (χ4v) is 3.34. The molecular formula is C18H20N6O3. The van der Waals surface area contributed by atoms with Gasteiger partial charge in [-0.15, -0.1) is 10.2 Å². The molecule has 0 aliphatic rings. The zero-order chi connectivity index (χ0) is 19.3. The Morgan fingerprint density at radius 2 is 1.85 bits per heavy atom. The number of imidazole rings is 1. The maximum Gasteiger partial charge on any atom is 0.329 e. The van der Waals surface area contributed by atoms with E-state index in [0.29, 0.717) is 29.4 Å². The van der Waals surface area contributed by atoms with Crippen molar-refractivity contribution >= 4 is 16.9 Å². The summed E-state index contributed by atoms with van der Waals surface area (Å²) in [5.74, 6) is 1.82. The summed E-state index contributed by atoms with van der Waals surface area (Å²) in [6, 6.07) is 7.43. The van der Waals surface area contributed by atoms with Crippen LogP contribution in [-0.4, -0.2) is 35.3 Å². The van der Waals surface area contributed by atoms with Gasteiger partial charge in [0.2, 0.25) is 5.78 Å². The molecule has 27 heavy (non-hydrogen) atoms. The molecule has 0 radical (unpaired) electrons. The van der Waals surface area contributed by atoms with E-state index in [4.69, 9.17) is 4.74 Å². The minimum absolute atomic E-state index is 0.0408. The average molecular weight is 368 g/mol. The number of H-pyrrole nitrogens is 1. The highest BCUT2D eigenvalue weighted by Gasteiger charge is 2.23. The highest BCUT2D eigenvalue weighted by molar-refractivity contribution is 5.80. The van der Waals surface area contributed by atoms with Crippen LogP contribution in [0.4, 0.5) is 0 Å². The van der Waals surface area contributed by atoms with Crippen molar-refractivity contribution in [1.82, 2.24) is 28.7 Å². The van der Waals surface area contributed by atoms with Crippen LogP contribution < -0.4 is 16.0 Å². The van der Waals surface area contributed by atoms with Crippen LogP contribution in [0.2, 0.25) is 0 Å². The van der Waals surface area contributed by atoms with Crippen molar-refractivity contribution in [2.45, 2.75) is 26.8 Å². The molecule has 140 valence electrons. The topological polar surface area (TPSA) is 99.2 Å². The first-order valence-corrected chi connectivity index (χ1v) is 8.75. The van der Waals surface area contributed by atoms with E-state index in [-0.39, 0.29) is 6.04 Å². The van der Waals surface area contributed by atoms with Crippen LogP contribution in [0.15, 0.2) is 33.9 Å². The van der Waals surface area contributed by atoms with E-state index in [9.17, 15) is 9.59 Å². The Balaban J connectivity index is 2.10. The van der Waals surface area contributed by atoms with Crippen molar-refractivity contribution in [3.63, 3.8) is 0 Å². The predicted molar refractivity (Wildman–Crippen MR) is 101 cm³/mol. The van der Waals surface area contributed by atoms with E-state index in [2.05, 4.69) is 15.2 Å². The lowest BCUT2D eigenvalue weighted by molar-refractivity contribution is 0.340. The minimum atomic E-state index is -0.485.